The van der Waals surface area contributed by atoms with E-state index in [1.165, 1.54) is 0 Å². The van der Waals surface area contributed by atoms with Crippen LogP contribution in [0.5, 0.6) is 0 Å². The van der Waals surface area contributed by atoms with Gasteiger partial charge in [-0.05, 0) is 24.3 Å². The molecule has 0 radical (unpaired) electrons. The molecule has 2 unspecified atom stereocenters. The average Bonchev–Trinajstić information content (AvgIpc) is 2.47. The highest BCUT2D eigenvalue weighted by Crippen LogP contribution is 2.36. The molecule has 0 spiro atoms. The Morgan fingerprint density at radius 2 is 2.21 bits per heavy atom. The molecule has 0 aromatic carbocycles. The Bertz CT molecular complexity index is 341. The Kier molecular flexibility index (Phi) is 2.40. The minimum absolute atomic E-state index is 0.464. The maximum atomic E-state index is 4.80. The minimum atomic E-state index is 0.464. The van der Waals surface area contributed by atoms with Crippen LogP contribution in [0.3, 0.4) is 0 Å². The van der Waals surface area contributed by atoms with Gasteiger partial charge in [-0.2, -0.15) is 0 Å². The molecular weight excluding hydrogens is 176 g/mol. The first kappa shape index (κ1) is 9.44. The van der Waals surface area contributed by atoms with Crippen molar-refractivity contribution in [3.63, 3.8) is 0 Å². The zero-order valence-electron chi connectivity index (χ0n) is 8.90. The molecule has 0 bridgehead atoms. The van der Waals surface area contributed by atoms with E-state index in [4.69, 9.17) is 4.63 Å². The lowest BCUT2D eigenvalue weighted by Crippen LogP contribution is -2.15. The summed E-state index contributed by atoms with van der Waals surface area (Å²) in [5, 5.41) is 7.94. The third-order valence-electron chi connectivity index (χ3n) is 2.97. The molecule has 3 nitrogen and oxygen atoms in total. The highest BCUT2D eigenvalue weighted by Gasteiger charge is 2.29. The van der Waals surface area contributed by atoms with Crippen LogP contribution in [-0.2, 0) is 0 Å². The molecular formula is C11H16N2O. The van der Waals surface area contributed by atoms with Crippen molar-refractivity contribution in [2.45, 2.75) is 33.1 Å². The molecule has 76 valence electrons. The Morgan fingerprint density at radius 1 is 1.43 bits per heavy atom. The van der Waals surface area contributed by atoms with Crippen molar-refractivity contribution in [3.05, 3.63) is 17.5 Å². The molecule has 1 aliphatic rings. The van der Waals surface area contributed by atoms with Crippen LogP contribution in [0, 0.1) is 11.8 Å². The van der Waals surface area contributed by atoms with Crippen molar-refractivity contribution in [1.82, 2.24) is 10.3 Å². The van der Waals surface area contributed by atoms with Gasteiger partial charge in [-0.3, -0.25) is 0 Å². The summed E-state index contributed by atoms with van der Waals surface area (Å²) < 4.78 is 4.80. The Morgan fingerprint density at radius 3 is 2.93 bits per heavy atom. The van der Waals surface area contributed by atoms with E-state index in [1.807, 2.05) is 6.08 Å². The van der Waals surface area contributed by atoms with Crippen LogP contribution in [-0.4, -0.2) is 10.3 Å². The van der Waals surface area contributed by atoms with E-state index in [9.17, 15) is 0 Å². The molecule has 0 aliphatic heterocycles. The predicted octanol–water partition coefficient (Wildman–Crippen LogP) is 2.86. The fraction of sp³-hybridized carbons (Fsp3) is 0.636. The molecule has 2 rings (SSSR count). The zero-order valence-corrected chi connectivity index (χ0v) is 8.90. The summed E-state index contributed by atoms with van der Waals surface area (Å²) in [5.41, 5.74) is 1.94. The second kappa shape index (κ2) is 3.56. The summed E-state index contributed by atoms with van der Waals surface area (Å²) in [7, 11) is 0. The van der Waals surface area contributed by atoms with Crippen LogP contribution in [0.25, 0.3) is 6.08 Å². The molecule has 0 saturated heterocycles. The minimum Gasteiger partial charge on any atom is -0.244 e. The Balaban J connectivity index is 2.42. The number of fused-ring (bicyclic) bond motifs is 1. The number of nitrogens with zero attached hydrogens (tertiary/aromatic N) is 2. The van der Waals surface area contributed by atoms with Crippen molar-refractivity contribution in [1.29, 1.82) is 0 Å². The van der Waals surface area contributed by atoms with Crippen LogP contribution >= 0.6 is 0 Å². The Labute approximate surface area is 84.2 Å². The van der Waals surface area contributed by atoms with Crippen molar-refractivity contribution in [3.8, 4) is 0 Å². The van der Waals surface area contributed by atoms with Gasteiger partial charge in [0.05, 0.1) is 0 Å². The van der Waals surface area contributed by atoms with Crippen molar-refractivity contribution < 1.29 is 4.63 Å². The maximum Gasteiger partial charge on any atom is 0.131 e. The van der Waals surface area contributed by atoms with Crippen LogP contribution in [0.2, 0.25) is 0 Å². The first-order valence-corrected chi connectivity index (χ1v) is 5.19. The quantitative estimate of drug-likeness (QED) is 0.686. The van der Waals surface area contributed by atoms with E-state index in [2.05, 4.69) is 37.2 Å². The van der Waals surface area contributed by atoms with E-state index < -0.39 is 0 Å². The van der Waals surface area contributed by atoms with Crippen molar-refractivity contribution in [2.75, 3.05) is 0 Å². The van der Waals surface area contributed by atoms with E-state index in [-0.39, 0.29) is 0 Å². The van der Waals surface area contributed by atoms with Gasteiger partial charge in [-0.15, -0.1) is 0 Å². The Hall–Kier alpha value is -1.12. The summed E-state index contributed by atoms with van der Waals surface area (Å²) >= 11 is 0. The van der Waals surface area contributed by atoms with Gasteiger partial charge in [-0.1, -0.05) is 37.2 Å². The summed E-state index contributed by atoms with van der Waals surface area (Å²) in [5.74, 6) is 1.65. The van der Waals surface area contributed by atoms with Crippen LogP contribution in [0.15, 0.2) is 10.7 Å². The zero-order chi connectivity index (χ0) is 10.1. The average molecular weight is 192 g/mol. The van der Waals surface area contributed by atoms with Crippen LogP contribution in [0.1, 0.15) is 44.5 Å². The molecule has 1 aromatic heterocycles. The number of aromatic nitrogens is 2. The number of allylic oxidation sites excluding steroid dienone is 1. The van der Waals surface area contributed by atoms with Gasteiger partial charge in [0.2, 0.25) is 0 Å². The van der Waals surface area contributed by atoms with E-state index in [0.29, 0.717) is 17.8 Å². The van der Waals surface area contributed by atoms with E-state index in [0.717, 1.165) is 17.8 Å². The summed E-state index contributed by atoms with van der Waals surface area (Å²) in [6, 6.07) is 0. The normalized spacial score (nSPS) is 26.3. The lowest BCUT2D eigenvalue weighted by atomic mass is 9.81. The van der Waals surface area contributed by atoms with Crippen molar-refractivity contribution >= 4 is 6.08 Å². The summed E-state index contributed by atoms with van der Waals surface area (Å²) in [4.78, 5) is 0. The molecule has 1 aliphatic carbocycles. The molecule has 1 heterocycles. The SMILES string of the molecule is CC(C)C1c2nonc2C=CCC1C. The molecule has 3 heteroatoms. The van der Waals surface area contributed by atoms with Gasteiger partial charge >= 0.3 is 0 Å². The standard InChI is InChI=1S/C11H16N2O/c1-7(2)10-8(3)5-4-6-9-11(10)13-14-12-9/h4,6-8,10H,5H2,1-3H3. The molecule has 1 aromatic rings. The highest BCUT2D eigenvalue weighted by atomic mass is 16.6. The lowest BCUT2D eigenvalue weighted by Gasteiger charge is -2.23. The third kappa shape index (κ3) is 1.47. The molecule has 0 saturated carbocycles. The first-order chi connectivity index (χ1) is 6.70. The van der Waals surface area contributed by atoms with Gasteiger partial charge in [0.1, 0.15) is 11.4 Å². The van der Waals surface area contributed by atoms with Gasteiger partial charge in [-0.25, -0.2) is 4.63 Å². The summed E-state index contributed by atoms with van der Waals surface area (Å²) in [6.07, 6.45) is 5.28. The highest BCUT2D eigenvalue weighted by molar-refractivity contribution is 5.48. The molecule has 2 atom stereocenters. The predicted molar refractivity (Wildman–Crippen MR) is 54.7 cm³/mol. The summed E-state index contributed by atoms with van der Waals surface area (Å²) in [6.45, 7) is 6.72. The third-order valence-corrected chi connectivity index (χ3v) is 2.97. The smallest absolute Gasteiger partial charge is 0.131 e. The van der Waals surface area contributed by atoms with Gasteiger partial charge in [0.25, 0.3) is 0 Å². The molecule has 14 heavy (non-hydrogen) atoms. The van der Waals surface area contributed by atoms with E-state index >= 15 is 0 Å². The molecule has 0 amide bonds. The maximum absolute atomic E-state index is 4.80. The fourth-order valence-electron chi connectivity index (χ4n) is 2.33. The van der Waals surface area contributed by atoms with Crippen molar-refractivity contribution in [2.24, 2.45) is 11.8 Å². The van der Waals surface area contributed by atoms with Crippen LogP contribution < -0.4 is 0 Å². The number of hydrogen-bond acceptors (Lipinski definition) is 3. The fourth-order valence-corrected chi connectivity index (χ4v) is 2.33. The molecule has 0 fully saturated rings. The largest absolute Gasteiger partial charge is 0.244 e. The monoisotopic (exact) mass is 192 g/mol. The van der Waals surface area contributed by atoms with Crippen LogP contribution in [0.4, 0.5) is 0 Å². The second-order valence-corrected chi connectivity index (χ2v) is 4.42. The number of hydrogen-bond donors (Lipinski definition) is 0. The van der Waals surface area contributed by atoms with E-state index in [1.54, 1.807) is 0 Å². The first-order valence-electron chi connectivity index (χ1n) is 5.19. The lowest BCUT2D eigenvalue weighted by molar-refractivity contribution is 0.285. The second-order valence-electron chi connectivity index (χ2n) is 4.42. The molecule has 0 N–H and O–H groups in total. The van der Waals surface area contributed by atoms with Gasteiger partial charge in [0, 0.05) is 5.92 Å². The van der Waals surface area contributed by atoms with Gasteiger partial charge < -0.3 is 0 Å². The van der Waals surface area contributed by atoms with Gasteiger partial charge in [0.15, 0.2) is 0 Å². The number of rotatable bonds is 1. The topological polar surface area (TPSA) is 38.9 Å².